The first-order valence-electron chi connectivity index (χ1n) is 12.9. The number of hydrogen-bond acceptors (Lipinski definition) is 1. The van der Waals surface area contributed by atoms with E-state index in [-0.39, 0.29) is 0 Å². The van der Waals surface area contributed by atoms with Crippen LogP contribution < -0.4 is 0 Å². The van der Waals surface area contributed by atoms with E-state index in [0.717, 1.165) is 0 Å². The third-order valence-electron chi connectivity index (χ3n) is 7.64. The molecule has 2 heterocycles. The molecule has 0 radical (unpaired) electrons. The summed E-state index contributed by atoms with van der Waals surface area (Å²) in [6.07, 6.45) is 0. The Morgan fingerprint density at radius 2 is 0.974 bits per heavy atom. The van der Waals surface area contributed by atoms with E-state index in [4.69, 9.17) is 0 Å². The molecule has 2 aromatic heterocycles. The zero-order valence-corrected chi connectivity index (χ0v) is 21.4. The topological polar surface area (TPSA) is 15.8 Å². The van der Waals surface area contributed by atoms with Gasteiger partial charge in [0, 0.05) is 47.5 Å². The standard InChI is InChI=1S/C36H23NS/c1-2-10-23(11-3-1)25-12-4-5-13-27(25)29-16-9-18-31-30-17-8-15-26(35(30)38-36(29)31)24-20-21-34-32(22-24)28-14-6-7-19-33(28)37-34/h1-22,37H. The Balaban J connectivity index is 1.37. The first-order valence-corrected chi connectivity index (χ1v) is 13.8. The summed E-state index contributed by atoms with van der Waals surface area (Å²) in [5.41, 5.74) is 9.99. The molecule has 0 saturated heterocycles. The number of aromatic amines is 1. The molecule has 1 N–H and O–H groups in total. The Kier molecular flexibility index (Phi) is 4.76. The van der Waals surface area contributed by atoms with E-state index >= 15 is 0 Å². The molecular formula is C36H23NS. The van der Waals surface area contributed by atoms with Crippen LogP contribution in [0.25, 0.3) is 75.4 Å². The molecule has 0 aliphatic rings. The predicted octanol–water partition coefficient (Wildman–Crippen LogP) is 10.7. The maximum atomic E-state index is 3.56. The SMILES string of the molecule is c1ccc(-c2ccccc2-c2cccc3c2sc2c(-c4ccc5[nH]c6ccccc6c5c4)cccc23)cc1. The summed E-state index contributed by atoms with van der Waals surface area (Å²) in [5.74, 6) is 0. The van der Waals surface area contributed by atoms with Gasteiger partial charge in [0.1, 0.15) is 0 Å². The lowest BCUT2D eigenvalue weighted by molar-refractivity contribution is 1.55. The molecule has 0 atom stereocenters. The fraction of sp³-hybridized carbons (Fsp3) is 0. The highest BCUT2D eigenvalue weighted by Gasteiger charge is 2.16. The van der Waals surface area contributed by atoms with E-state index in [2.05, 4.69) is 138 Å². The Hall–Kier alpha value is -4.66. The molecule has 178 valence electrons. The van der Waals surface area contributed by atoms with Gasteiger partial charge in [-0.25, -0.2) is 0 Å². The summed E-state index contributed by atoms with van der Waals surface area (Å²) >= 11 is 1.91. The van der Waals surface area contributed by atoms with E-state index in [1.165, 1.54) is 75.4 Å². The molecule has 8 rings (SSSR count). The minimum absolute atomic E-state index is 1.18. The fourth-order valence-electron chi connectivity index (χ4n) is 5.86. The van der Waals surface area contributed by atoms with E-state index in [1.807, 2.05) is 11.3 Å². The van der Waals surface area contributed by atoms with Crippen LogP contribution in [0, 0.1) is 0 Å². The number of para-hydroxylation sites is 1. The van der Waals surface area contributed by atoms with Crippen molar-refractivity contribution in [2.45, 2.75) is 0 Å². The molecule has 0 saturated carbocycles. The van der Waals surface area contributed by atoms with Crippen molar-refractivity contribution < 1.29 is 0 Å². The number of aromatic nitrogens is 1. The van der Waals surface area contributed by atoms with Crippen molar-refractivity contribution in [2.75, 3.05) is 0 Å². The van der Waals surface area contributed by atoms with E-state index in [0.29, 0.717) is 0 Å². The third kappa shape index (κ3) is 3.24. The van der Waals surface area contributed by atoms with Crippen molar-refractivity contribution in [1.82, 2.24) is 4.98 Å². The molecule has 0 aliphatic heterocycles. The van der Waals surface area contributed by atoms with Crippen LogP contribution in [-0.4, -0.2) is 4.98 Å². The van der Waals surface area contributed by atoms with Crippen molar-refractivity contribution in [1.29, 1.82) is 0 Å². The van der Waals surface area contributed by atoms with Crippen LogP contribution in [-0.2, 0) is 0 Å². The van der Waals surface area contributed by atoms with Gasteiger partial charge < -0.3 is 4.98 Å². The number of nitrogens with one attached hydrogen (secondary N) is 1. The summed E-state index contributed by atoms with van der Waals surface area (Å²) in [6.45, 7) is 0. The zero-order chi connectivity index (χ0) is 25.1. The molecule has 2 heteroatoms. The highest BCUT2D eigenvalue weighted by molar-refractivity contribution is 7.26. The second-order valence-corrected chi connectivity index (χ2v) is 10.8. The van der Waals surface area contributed by atoms with Gasteiger partial charge in [0.15, 0.2) is 0 Å². The lowest BCUT2D eigenvalue weighted by Crippen LogP contribution is -1.85. The first-order chi connectivity index (χ1) is 18.8. The van der Waals surface area contributed by atoms with Crippen molar-refractivity contribution in [3.63, 3.8) is 0 Å². The molecule has 0 fully saturated rings. The van der Waals surface area contributed by atoms with Gasteiger partial charge in [-0.3, -0.25) is 0 Å². The summed E-state index contributed by atoms with van der Waals surface area (Å²) in [6, 6.07) is 48.3. The van der Waals surface area contributed by atoms with Crippen molar-refractivity contribution in [2.24, 2.45) is 0 Å². The largest absolute Gasteiger partial charge is 0.355 e. The van der Waals surface area contributed by atoms with Gasteiger partial charge in [-0.05, 0) is 46.0 Å². The molecular weight excluding hydrogens is 478 g/mol. The van der Waals surface area contributed by atoms with Gasteiger partial charge in [-0.1, -0.05) is 115 Å². The number of fused-ring (bicyclic) bond motifs is 6. The third-order valence-corrected chi connectivity index (χ3v) is 8.93. The van der Waals surface area contributed by atoms with E-state index < -0.39 is 0 Å². The average Bonchev–Trinajstić information content (AvgIpc) is 3.56. The normalized spacial score (nSPS) is 11.7. The molecule has 6 aromatic carbocycles. The second kappa shape index (κ2) is 8.44. The number of hydrogen-bond donors (Lipinski definition) is 1. The van der Waals surface area contributed by atoms with Crippen LogP contribution in [0.4, 0.5) is 0 Å². The van der Waals surface area contributed by atoms with Crippen LogP contribution in [0.15, 0.2) is 133 Å². The van der Waals surface area contributed by atoms with Crippen LogP contribution in [0.1, 0.15) is 0 Å². The molecule has 0 bridgehead atoms. The van der Waals surface area contributed by atoms with Gasteiger partial charge in [-0.15, -0.1) is 11.3 Å². The molecule has 0 aliphatic carbocycles. The van der Waals surface area contributed by atoms with E-state index in [1.54, 1.807) is 0 Å². The summed E-state index contributed by atoms with van der Waals surface area (Å²) < 4.78 is 2.68. The van der Waals surface area contributed by atoms with Gasteiger partial charge in [0.2, 0.25) is 0 Å². The first kappa shape index (κ1) is 21.4. The monoisotopic (exact) mass is 501 g/mol. The summed E-state index contributed by atoms with van der Waals surface area (Å²) in [5, 5.41) is 5.18. The minimum atomic E-state index is 1.18. The second-order valence-electron chi connectivity index (χ2n) is 9.81. The number of H-pyrrole nitrogens is 1. The Morgan fingerprint density at radius 3 is 1.82 bits per heavy atom. The van der Waals surface area contributed by atoms with Gasteiger partial charge >= 0.3 is 0 Å². The van der Waals surface area contributed by atoms with Crippen LogP contribution in [0.2, 0.25) is 0 Å². The van der Waals surface area contributed by atoms with E-state index in [9.17, 15) is 0 Å². The van der Waals surface area contributed by atoms with Crippen LogP contribution >= 0.6 is 11.3 Å². The molecule has 0 spiro atoms. The minimum Gasteiger partial charge on any atom is -0.355 e. The predicted molar refractivity (Wildman–Crippen MR) is 165 cm³/mol. The Bertz CT molecular complexity index is 2130. The molecule has 1 nitrogen and oxygen atoms in total. The van der Waals surface area contributed by atoms with Crippen molar-refractivity contribution >= 4 is 53.3 Å². The smallest absolute Gasteiger partial charge is 0.0465 e. The maximum absolute atomic E-state index is 3.56. The summed E-state index contributed by atoms with van der Waals surface area (Å²) in [4.78, 5) is 3.56. The van der Waals surface area contributed by atoms with Gasteiger partial charge in [-0.2, -0.15) is 0 Å². The maximum Gasteiger partial charge on any atom is 0.0465 e. The van der Waals surface area contributed by atoms with Crippen molar-refractivity contribution in [3.8, 4) is 33.4 Å². The number of thiophene rings is 1. The number of benzene rings is 6. The molecule has 38 heavy (non-hydrogen) atoms. The zero-order valence-electron chi connectivity index (χ0n) is 20.6. The van der Waals surface area contributed by atoms with Crippen LogP contribution in [0.5, 0.6) is 0 Å². The lowest BCUT2D eigenvalue weighted by atomic mass is 9.93. The quantitative estimate of drug-likeness (QED) is 0.248. The van der Waals surface area contributed by atoms with Gasteiger partial charge in [0.25, 0.3) is 0 Å². The van der Waals surface area contributed by atoms with Crippen LogP contribution in [0.3, 0.4) is 0 Å². The fourth-order valence-corrected chi connectivity index (χ4v) is 7.23. The average molecular weight is 502 g/mol. The summed E-state index contributed by atoms with van der Waals surface area (Å²) in [7, 11) is 0. The van der Waals surface area contributed by atoms with Crippen molar-refractivity contribution in [3.05, 3.63) is 133 Å². The molecule has 8 aromatic rings. The lowest BCUT2D eigenvalue weighted by Gasteiger charge is -2.11. The Morgan fingerprint density at radius 1 is 0.368 bits per heavy atom. The molecule has 0 unspecified atom stereocenters. The molecule has 0 amide bonds. The highest BCUT2D eigenvalue weighted by atomic mass is 32.1. The Labute approximate surface area is 224 Å². The highest BCUT2D eigenvalue weighted by Crippen LogP contribution is 2.45. The number of rotatable bonds is 3. The van der Waals surface area contributed by atoms with Gasteiger partial charge in [0.05, 0.1) is 0 Å².